The number of rotatable bonds is 2. The molecule has 0 amide bonds. The lowest BCUT2D eigenvalue weighted by atomic mass is 9.95. The van der Waals surface area contributed by atoms with E-state index in [0.29, 0.717) is 10.0 Å². The molecule has 2 unspecified atom stereocenters. The third kappa shape index (κ3) is 2.37. The third-order valence-corrected chi connectivity index (χ3v) is 3.09. The summed E-state index contributed by atoms with van der Waals surface area (Å²) in [7, 11) is 0. The molecule has 3 heteroatoms. The molecule has 1 aromatic rings. The van der Waals surface area contributed by atoms with Crippen LogP contribution in [0.15, 0.2) is 18.2 Å². The van der Waals surface area contributed by atoms with Crippen LogP contribution in [0.3, 0.4) is 0 Å². The maximum Gasteiger partial charge on any atom is 0.0627 e. The molecule has 0 aromatic heterocycles. The van der Waals surface area contributed by atoms with Gasteiger partial charge in [0.25, 0.3) is 0 Å². The average Bonchev–Trinajstić information content (AvgIpc) is 2.08. The van der Waals surface area contributed by atoms with Gasteiger partial charge in [-0.2, -0.15) is 0 Å². The van der Waals surface area contributed by atoms with E-state index in [1.165, 1.54) is 0 Å². The van der Waals surface area contributed by atoms with E-state index < -0.39 is 0 Å². The van der Waals surface area contributed by atoms with Gasteiger partial charge in [0.15, 0.2) is 0 Å². The van der Waals surface area contributed by atoms with E-state index in [0.717, 1.165) is 5.56 Å². The van der Waals surface area contributed by atoms with E-state index >= 15 is 0 Å². The van der Waals surface area contributed by atoms with Crippen LogP contribution in [0.1, 0.15) is 25.3 Å². The summed E-state index contributed by atoms with van der Waals surface area (Å²) in [4.78, 5) is 0. The Kier molecular flexibility index (Phi) is 3.60. The Morgan fingerprint density at radius 3 is 2.38 bits per heavy atom. The number of hydrogen-bond acceptors (Lipinski definition) is 1. The average molecular weight is 218 g/mol. The Morgan fingerprint density at radius 2 is 1.85 bits per heavy atom. The lowest BCUT2D eigenvalue weighted by molar-refractivity contribution is 0.613. The predicted octanol–water partition coefficient (Wildman–Crippen LogP) is 3.44. The molecule has 0 aliphatic rings. The van der Waals surface area contributed by atoms with Crippen molar-refractivity contribution in [3.63, 3.8) is 0 Å². The van der Waals surface area contributed by atoms with Crippen molar-refractivity contribution in [1.82, 2.24) is 0 Å². The molecule has 0 heterocycles. The molecule has 0 aliphatic heterocycles. The molecule has 1 nitrogen and oxygen atoms in total. The van der Waals surface area contributed by atoms with Crippen molar-refractivity contribution >= 4 is 23.2 Å². The Balaban J connectivity index is 3.07. The Morgan fingerprint density at radius 1 is 1.23 bits per heavy atom. The number of benzene rings is 1. The first kappa shape index (κ1) is 10.8. The maximum atomic E-state index is 6.04. The fraction of sp³-hybridized carbons (Fsp3) is 0.400. The molecule has 0 spiro atoms. The highest BCUT2D eigenvalue weighted by atomic mass is 35.5. The van der Waals surface area contributed by atoms with Crippen molar-refractivity contribution in [2.45, 2.75) is 25.8 Å². The summed E-state index contributed by atoms with van der Waals surface area (Å²) in [5.41, 5.74) is 6.80. The van der Waals surface area contributed by atoms with Crippen LogP contribution in [-0.2, 0) is 0 Å². The van der Waals surface area contributed by atoms with E-state index in [-0.39, 0.29) is 12.0 Å². The van der Waals surface area contributed by atoms with Crippen LogP contribution >= 0.6 is 23.2 Å². The fourth-order valence-electron chi connectivity index (χ4n) is 1.16. The monoisotopic (exact) mass is 217 g/mol. The Hall–Kier alpha value is -0.240. The van der Waals surface area contributed by atoms with E-state index in [4.69, 9.17) is 28.9 Å². The molecule has 2 N–H and O–H groups in total. The number of hydrogen-bond donors (Lipinski definition) is 1. The second-order valence-electron chi connectivity index (χ2n) is 3.29. The van der Waals surface area contributed by atoms with Gasteiger partial charge in [-0.3, -0.25) is 0 Å². The smallest absolute Gasteiger partial charge is 0.0627 e. The van der Waals surface area contributed by atoms with Crippen LogP contribution in [0, 0.1) is 0 Å². The zero-order valence-corrected chi connectivity index (χ0v) is 9.23. The highest BCUT2D eigenvalue weighted by Crippen LogP contribution is 2.31. The van der Waals surface area contributed by atoms with Gasteiger partial charge in [-0.1, -0.05) is 42.3 Å². The summed E-state index contributed by atoms with van der Waals surface area (Å²) in [6.07, 6.45) is 0. The summed E-state index contributed by atoms with van der Waals surface area (Å²) in [6, 6.07) is 5.71. The van der Waals surface area contributed by atoms with Crippen LogP contribution in [0.5, 0.6) is 0 Å². The van der Waals surface area contributed by atoms with Gasteiger partial charge < -0.3 is 5.73 Å². The molecule has 1 aromatic carbocycles. The topological polar surface area (TPSA) is 26.0 Å². The fourth-order valence-corrected chi connectivity index (χ4v) is 1.64. The second-order valence-corrected chi connectivity index (χ2v) is 4.08. The molecule has 1 rings (SSSR count). The highest BCUT2D eigenvalue weighted by Gasteiger charge is 2.14. The molecule has 13 heavy (non-hydrogen) atoms. The quantitative estimate of drug-likeness (QED) is 0.808. The van der Waals surface area contributed by atoms with Crippen LogP contribution < -0.4 is 5.73 Å². The van der Waals surface area contributed by atoms with Gasteiger partial charge >= 0.3 is 0 Å². The molecule has 0 radical (unpaired) electrons. The maximum absolute atomic E-state index is 6.04. The summed E-state index contributed by atoms with van der Waals surface area (Å²) >= 11 is 11.9. The van der Waals surface area contributed by atoms with Gasteiger partial charge in [0.2, 0.25) is 0 Å². The minimum atomic E-state index is 0.0796. The number of halogens is 2. The first-order chi connectivity index (χ1) is 6.04. The molecule has 0 saturated carbocycles. The van der Waals surface area contributed by atoms with Gasteiger partial charge in [0.1, 0.15) is 0 Å². The molecule has 72 valence electrons. The van der Waals surface area contributed by atoms with Gasteiger partial charge in [-0.25, -0.2) is 0 Å². The standard InChI is InChI=1S/C10H13Cl2N/c1-6(7(2)13)8-4-3-5-9(11)10(8)12/h3-7H,13H2,1-2H3. The van der Waals surface area contributed by atoms with Gasteiger partial charge in [0.05, 0.1) is 10.0 Å². The first-order valence-corrected chi connectivity index (χ1v) is 4.99. The van der Waals surface area contributed by atoms with Gasteiger partial charge in [0, 0.05) is 6.04 Å². The summed E-state index contributed by atoms with van der Waals surface area (Å²) in [6.45, 7) is 4.00. The SMILES string of the molecule is CC(N)C(C)c1cccc(Cl)c1Cl. The van der Waals surface area contributed by atoms with Crippen LogP contribution in [0.2, 0.25) is 10.0 Å². The molecule has 0 bridgehead atoms. The van der Waals surface area contributed by atoms with Gasteiger partial charge in [-0.15, -0.1) is 0 Å². The van der Waals surface area contributed by atoms with Crippen molar-refractivity contribution in [3.8, 4) is 0 Å². The highest BCUT2D eigenvalue weighted by molar-refractivity contribution is 6.42. The Bertz CT molecular complexity index is 297. The summed E-state index contributed by atoms with van der Waals surface area (Å²) in [5.74, 6) is 0.228. The largest absolute Gasteiger partial charge is 0.327 e. The zero-order valence-electron chi connectivity index (χ0n) is 7.72. The van der Waals surface area contributed by atoms with Crippen molar-refractivity contribution < 1.29 is 0 Å². The van der Waals surface area contributed by atoms with Crippen molar-refractivity contribution in [2.75, 3.05) is 0 Å². The molecule has 2 atom stereocenters. The van der Waals surface area contributed by atoms with Crippen molar-refractivity contribution in [2.24, 2.45) is 5.73 Å². The molecule has 0 aliphatic carbocycles. The van der Waals surface area contributed by atoms with E-state index in [1.54, 1.807) is 6.07 Å². The van der Waals surface area contributed by atoms with Crippen molar-refractivity contribution in [1.29, 1.82) is 0 Å². The minimum absolute atomic E-state index is 0.0796. The third-order valence-electron chi connectivity index (χ3n) is 2.26. The first-order valence-electron chi connectivity index (χ1n) is 4.23. The minimum Gasteiger partial charge on any atom is -0.327 e. The number of nitrogens with two attached hydrogens (primary N) is 1. The van der Waals surface area contributed by atoms with Crippen LogP contribution in [0.25, 0.3) is 0 Å². The molecular formula is C10H13Cl2N. The summed E-state index contributed by atoms with van der Waals surface area (Å²) in [5, 5.41) is 1.21. The zero-order chi connectivity index (χ0) is 10.0. The molecular weight excluding hydrogens is 205 g/mol. The second kappa shape index (κ2) is 4.32. The Labute approximate surface area is 88.8 Å². The van der Waals surface area contributed by atoms with E-state index in [1.807, 2.05) is 26.0 Å². The summed E-state index contributed by atoms with van der Waals surface area (Å²) < 4.78 is 0. The predicted molar refractivity (Wildman–Crippen MR) is 58.5 cm³/mol. The van der Waals surface area contributed by atoms with Crippen LogP contribution in [0.4, 0.5) is 0 Å². The van der Waals surface area contributed by atoms with Crippen LogP contribution in [-0.4, -0.2) is 6.04 Å². The normalized spacial score (nSPS) is 15.5. The van der Waals surface area contributed by atoms with E-state index in [9.17, 15) is 0 Å². The van der Waals surface area contributed by atoms with Crippen molar-refractivity contribution in [3.05, 3.63) is 33.8 Å². The lowest BCUT2D eigenvalue weighted by Gasteiger charge is -2.17. The molecule has 0 fully saturated rings. The molecule has 0 saturated heterocycles. The van der Waals surface area contributed by atoms with E-state index in [2.05, 4.69) is 0 Å². The lowest BCUT2D eigenvalue weighted by Crippen LogP contribution is -2.22. The van der Waals surface area contributed by atoms with Gasteiger partial charge in [-0.05, 0) is 24.5 Å².